The van der Waals surface area contributed by atoms with Crippen molar-refractivity contribution < 1.29 is 9.59 Å². The Morgan fingerprint density at radius 3 is 2.56 bits per heavy atom. The Morgan fingerprint density at radius 1 is 1.15 bits per heavy atom. The number of thioether (sulfide) groups is 1. The summed E-state index contributed by atoms with van der Waals surface area (Å²) in [6.07, 6.45) is -0.710. The van der Waals surface area contributed by atoms with E-state index in [2.05, 4.69) is 16.0 Å². The second-order valence-corrected chi connectivity index (χ2v) is 7.87. The lowest BCUT2D eigenvalue weighted by Crippen LogP contribution is -2.70. The van der Waals surface area contributed by atoms with Gasteiger partial charge in [0.15, 0.2) is 0 Å². The molecular formula is C18H18Cl2N4O2S. The smallest absolute Gasteiger partial charge is 0.252 e. The maximum Gasteiger partial charge on any atom is 0.252 e. The van der Waals surface area contributed by atoms with Crippen LogP contribution in [0.5, 0.6) is 0 Å². The van der Waals surface area contributed by atoms with E-state index in [4.69, 9.17) is 28.9 Å². The minimum absolute atomic E-state index is 0.336. The van der Waals surface area contributed by atoms with Crippen LogP contribution in [0.3, 0.4) is 0 Å². The Bertz CT molecular complexity index is 837. The third-order valence-corrected chi connectivity index (χ3v) is 5.81. The summed E-state index contributed by atoms with van der Waals surface area (Å²) in [5, 5.41) is 9.53. The number of nitrogens with two attached hydrogens (primary N) is 1. The third-order valence-electron chi connectivity index (χ3n) is 3.98. The van der Waals surface area contributed by atoms with Crippen molar-refractivity contribution in [2.45, 2.75) is 23.5 Å². The summed E-state index contributed by atoms with van der Waals surface area (Å²) in [5.41, 5.74) is 7.12. The number of nitrogens with one attached hydrogen (secondary N) is 3. The molecule has 2 aromatic rings. The van der Waals surface area contributed by atoms with Crippen LogP contribution >= 0.6 is 35.0 Å². The summed E-state index contributed by atoms with van der Waals surface area (Å²) in [4.78, 5) is 24.6. The van der Waals surface area contributed by atoms with Crippen LogP contribution in [-0.4, -0.2) is 29.5 Å². The van der Waals surface area contributed by atoms with E-state index < -0.39 is 12.2 Å². The van der Waals surface area contributed by atoms with E-state index in [-0.39, 0.29) is 17.3 Å². The van der Waals surface area contributed by atoms with Gasteiger partial charge in [-0.1, -0.05) is 47.5 Å². The fourth-order valence-corrected chi connectivity index (χ4v) is 3.88. The zero-order valence-corrected chi connectivity index (χ0v) is 16.4. The van der Waals surface area contributed by atoms with Crippen LogP contribution in [0.15, 0.2) is 48.5 Å². The molecule has 0 aliphatic carbocycles. The lowest BCUT2D eigenvalue weighted by atomic mass is 10.1. The van der Waals surface area contributed by atoms with Gasteiger partial charge in [-0.05, 0) is 29.8 Å². The van der Waals surface area contributed by atoms with Crippen molar-refractivity contribution in [3.63, 3.8) is 0 Å². The van der Waals surface area contributed by atoms with Crippen LogP contribution in [0.25, 0.3) is 0 Å². The normalized spacial score (nSPS) is 22.2. The van der Waals surface area contributed by atoms with Crippen molar-refractivity contribution >= 4 is 46.8 Å². The maximum atomic E-state index is 12.4. The molecule has 142 valence electrons. The summed E-state index contributed by atoms with van der Waals surface area (Å²) in [6, 6.07) is 13.2. The van der Waals surface area contributed by atoms with Gasteiger partial charge in [0.1, 0.15) is 11.5 Å². The van der Waals surface area contributed by atoms with Crippen LogP contribution in [0.2, 0.25) is 10.0 Å². The predicted octanol–water partition coefficient (Wildman–Crippen LogP) is 2.31. The van der Waals surface area contributed by atoms with E-state index in [1.54, 1.807) is 36.4 Å². The lowest BCUT2D eigenvalue weighted by molar-refractivity contribution is -0.125. The molecular weight excluding hydrogens is 407 g/mol. The summed E-state index contributed by atoms with van der Waals surface area (Å²) >= 11 is 13.4. The van der Waals surface area contributed by atoms with Gasteiger partial charge >= 0.3 is 0 Å². The molecule has 9 heteroatoms. The quantitative estimate of drug-likeness (QED) is 0.590. The number of benzene rings is 2. The van der Waals surface area contributed by atoms with Crippen LogP contribution < -0.4 is 21.7 Å². The van der Waals surface area contributed by atoms with Gasteiger partial charge in [0, 0.05) is 11.3 Å². The average molecular weight is 425 g/mol. The summed E-state index contributed by atoms with van der Waals surface area (Å²) in [6.45, 7) is 0. The van der Waals surface area contributed by atoms with E-state index in [0.29, 0.717) is 21.4 Å². The van der Waals surface area contributed by atoms with Crippen LogP contribution in [0.1, 0.15) is 15.9 Å². The molecule has 5 N–H and O–H groups in total. The fraction of sp³-hybridized carbons (Fsp3) is 0.222. The first-order valence-corrected chi connectivity index (χ1v) is 9.98. The van der Waals surface area contributed by atoms with Gasteiger partial charge in [-0.2, -0.15) is 0 Å². The molecule has 1 fully saturated rings. The SMILES string of the molecule is NC1NC(SCc2ccc(Cl)c(Cl)c2)NC(=O)C1NC(=O)c1ccccc1. The van der Waals surface area contributed by atoms with Crippen LogP contribution in [0, 0.1) is 0 Å². The summed E-state index contributed by atoms with van der Waals surface area (Å²) in [5.74, 6) is -0.0881. The molecule has 27 heavy (non-hydrogen) atoms. The largest absolute Gasteiger partial charge is 0.338 e. The summed E-state index contributed by atoms with van der Waals surface area (Å²) < 4.78 is 0. The van der Waals surface area contributed by atoms with E-state index in [9.17, 15) is 9.59 Å². The van der Waals surface area contributed by atoms with Crippen molar-refractivity contribution in [1.82, 2.24) is 16.0 Å². The molecule has 1 aliphatic rings. The molecule has 1 aliphatic heterocycles. The van der Waals surface area contributed by atoms with Gasteiger partial charge in [-0.3, -0.25) is 14.9 Å². The molecule has 0 radical (unpaired) electrons. The van der Waals surface area contributed by atoms with Crippen molar-refractivity contribution in [3.8, 4) is 0 Å². The second kappa shape index (κ2) is 8.95. The molecule has 0 bridgehead atoms. The Hall–Kier alpha value is -1.77. The number of hydrogen-bond donors (Lipinski definition) is 4. The van der Waals surface area contributed by atoms with E-state index in [0.717, 1.165) is 5.56 Å². The fourth-order valence-electron chi connectivity index (χ4n) is 2.56. The highest BCUT2D eigenvalue weighted by Gasteiger charge is 2.35. The predicted molar refractivity (Wildman–Crippen MR) is 108 cm³/mol. The number of amides is 2. The van der Waals surface area contributed by atoms with Crippen molar-refractivity contribution in [2.75, 3.05) is 0 Å². The highest BCUT2D eigenvalue weighted by atomic mass is 35.5. The Labute approximate surface area is 171 Å². The maximum absolute atomic E-state index is 12.4. The molecule has 0 aromatic heterocycles. The van der Waals surface area contributed by atoms with Gasteiger partial charge < -0.3 is 16.4 Å². The average Bonchev–Trinajstić information content (AvgIpc) is 2.66. The number of rotatable bonds is 5. The summed E-state index contributed by atoms with van der Waals surface area (Å²) in [7, 11) is 0. The zero-order chi connectivity index (χ0) is 19.4. The Balaban J connectivity index is 1.55. The topological polar surface area (TPSA) is 96.2 Å². The minimum Gasteiger partial charge on any atom is -0.338 e. The Morgan fingerprint density at radius 2 is 1.89 bits per heavy atom. The van der Waals surface area contributed by atoms with Crippen molar-refractivity contribution in [1.29, 1.82) is 0 Å². The number of carbonyl (C=O) groups excluding carboxylic acids is 2. The van der Waals surface area contributed by atoms with Crippen molar-refractivity contribution in [2.24, 2.45) is 5.73 Å². The monoisotopic (exact) mass is 424 g/mol. The molecule has 1 heterocycles. The van der Waals surface area contributed by atoms with Crippen LogP contribution in [-0.2, 0) is 10.5 Å². The molecule has 3 unspecified atom stereocenters. The first-order chi connectivity index (χ1) is 12.9. The lowest BCUT2D eigenvalue weighted by Gasteiger charge is -2.35. The minimum atomic E-state index is -0.862. The molecule has 3 atom stereocenters. The van der Waals surface area contributed by atoms with Crippen molar-refractivity contribution in [3.05, 3.63) is 69.7 Å². The highest BCUT2D eigenvalue weighted by molar-refractivity contribution is 7.99. The van der Waals surface area contributed by atoms with Gasteiger partial charge in [0.25, 0.3) is 5.91 Å². The van der Waals surface area contributed by atoms with Gasteiger partial charge in [-0.15, -0.1) is 11.8 Å². The third kappa shape index (κ3) is 5.15. The van der Waals surface area contributed by atoms with E-state index in [1.807, 2.05) is 12.1 Å². The van der Waals surface area contributed by atoms with Crippen LogP contribution in [0.4, 0.5) is 0 Å². The van der Waals surface area contributed by atoms with E-state index in [1.165, 1.54) is 11.8 Å². The molecule has 1 saturated heterocycles. The first-order valence-electron chi connectivity index (χ1n) is 8.17. The molecule has 0 spiro atoms. The highest BCUT2D eigenvalue weighted by Crippen LogP contribution is 2.25. The Kier molecular flexibility index (Phi) is 6.62. The molecule has 2 aromatic carbocycles. The van der Waals surface area contributed by atoms with E-state index >= 15 is 0 Å². The number of hydrogen-bond acceptors (Lipinski definition) is 5. The molecule has 0 saturated carbocycles. The number of halogens is 2. The first kappa shape index (κ1) is 20.0. The van der Waals surface area contributed by atoms with Gasteiger partial charge in [0.05, 0.1) is 16.2 Å². The molecule has 6 nitrogen and oxygen atoms in total. The second-order valence-electron chi connectivity index (χ2n) is 5.96. The molecule has 2 amide bonds. The number of carbonyl (C=O) groups is 2. The van der Waals surface area contributed by atoms with Gasteiger partial charge in [-0.25, -0.2) is 0 Å². The molecule has 3 rings (SSSR count). The van der Waals surface area contributed by atoms with Gasteiger partial charge in [0.2, 0.25) is 5.91 Å². The standard InChI is InChI=1S/C18H18Cl2N4O2S/c19-12-7-6-10(8-13(12)20)9-27-18-23-15(21)14(17(26)24-18)22-16(25)11-4-2-1-3-5-11/h1-8,14-15,18,23H,9,21H2,(H,22,25)(H,24,26). The zero-order valence-electron chi connectivity index (χ0n) is 14.1.